The van der Waals surface area contributed by atoms with Crippen LogP contribution in [0.5, 0.6) is 11.5 Å². The summed E-state index contributed by atoms with van der Waals surface area (Å²) in [5.74, 6) is 0.851. The Kier molecular flexibility index (Phi) is 4.58. The van der Waals surface area contributed by atoms with Crippen molar-refractivity contribution < 1.29 is 19.7 Å². The third-order valence-electron chi connectivity index (χ3n) is 2.59. The molecule has 4 heteroatoms. The van der Waals surface area contributed by atoms with E-state index in [0.29, 0.717) is 17.1 Å². The molecule has 1 aromatic rings. The van der Waals surface area contributed by atoms with Crippen LogP contribution in [0.4, 0.5) is 0 Å². The molecule has 1 aromatic carbocycles. The Morgan fingerprint density at radius 2 is 1.69 bits per heavy atom. The van der Waals surface area contributed by atoms with Gasteiger partial charge in [-0.05, 0) is 12.1 Å². The molecule has 0 aromatic heterocycles. The second kappa shape index (κ2) is 5.72. The molecule has 16 heavy (non-hydrogen) atoms. The first-order chi connectivity index (χ1) is 7.65. The molecule has 0 saturated heterocycles. The van der Waals surface area contributed by atoms with Crippen molar-refractivity contribution in [3.05, 3.63) is 23.8 Å². The fourth-order valence-electron chi connectivity index (χ4n) is 1.56. The Balaban J connectivity index is 3.17. The number of rotatable bonds is 5. The van der Waals surface area contributed by atoms with Crippen molar-refractivity contribution in [2.45, 2.75) is 13.0 Å². The van der Waals surface area contributed by atoms with Crippen LogP contribution in [0.3, 0.4) is 0 Å². The number of methoxy groups -OCH3 is 2. The molecule has 2 N–H and O–H groups in total. The van der Waals surface area contributed by atoms with E-state index in [4.69, 9.17) is 14.6 Å². The van der Waals surface area contributed by atoms with E-state index < -0.39 is 6.10 Å². The number of aliphatic hydroxyl groups excluding tert-OH is 2. The zero-order chi connectivity index (χ0) is 12.1. The smallest absolute Gasteiger partial charge is 0.128 e. The molecule has 0 aliphatic rings. The van der Waals surface area contributed by atoms with Gasteiger partial charge in [0, 0.05) is 12.5 Å². The van der Waals surface area contributed by atoms with Gasteiger partial charge in [-0.2, -0.15) is 0 Å². The van der Waals surface area contributed by atoms with Gasteiger partial charge in [-0.25, -0.2) is 0 Å². The van der Waals surface area contributed by atoms with Crippen LogP contribution in [0, 0.1) is 5.92 Å². The third kappa shape index (κ3) is 2.46. The Labute approximate surface area is 95.4 Å². The summed E-state index contributed by atoms with van der Waals surface area (Å²) in [5, 5.41) is 19.1. The Morgan fingerprint density at radius 3 is 2.06 bits per heavy atom. The van der Waals surface area contributed by atoms with Gasteiger partial charge in [0.1, 0.15) is 11.5 Å². The maximum Gasteiger partial charge on any atom is 0.128 e. The lowest BCUT2D eigenvalue weighted by atomic mass is 9.96. The highest BCUT2D eigenvalue weighted by molar-refractivity contribution is 5.46. The highest BCUT2D eigenvalue weighted by Crippen LogP contribution is 2.37. The number of hydrogen-bond acceptors (Lipinski definition) is 4. The van der Waals surface area contributed by atoms with Crippen LogP contribution in [-0.2, 0) is 0 Å². The van der Waals surface area contributed by atoms with Gasteiger partial charge in [0.2, 0.25) is 0 Å². The van der Waals surface area contributed by atoms with E-state index in [0.717, 1.165) is 0 Å². The standard InChI is InChI=1S/C12H18O4/c1-8(7-13)12(14)11-9(15-2)5-4-6-10(11)16-3/h4-6,8,12-14H,7H2,1-3H3. The molecule has 0 bridgehead atoms. The zero-order valence-corrected chi connectivity index (χ0v) is 9.80. The fourth-order valence-corrected chi connectivity index (χ4v) is 1.56. The summed E-state index contributed by atoms with van der Waals surface area (Å²) in [6, 6.07) is 5.30. The molecule has 0 aliphatic carbocycles. The van der Waals surface area contributed by atoms with Crippen molar-refractivity contribution in [3.8, 4) is 11.5 Å². The van der Waals surface area contributed by atoms with Crippen molar-refractivity contribution in [3.63, 3.8) is 0 Å². The van der Waals surface area contributed by atoms with E-state index in [2.05, 4.69) is 0 Å². The van der Waals surface area contributed by atoms with Gasteiger partial charge < -0.3 is 19.7 Å². The molecule has 1 rings (SSSR count). The van der Waals surface area contributed by atoms with Gasteiger partial charge in [-0.1, -0.05) is 13.0 Å². The van der Waals surface area contributed by atoms with Gasteiger partial charge in [0.05, 0.1) is 25.9 Å². The van der Waals surface area contributed by atoms with Crippen LogP contribution in [0.25, 0.3) is 0 Å². The van der Waals surface area contributed by atoms with E-state index >= 15 is 0 Å². The molecule has 0 radical (unpaired) electrons. The first kappa shape index (κ1) is 12.8. The van der Waals surface area contributed by atoms with Crippen molar-refractivity contribution in [1.29, 1.82) is 0 Å². The summed E-state index contributed by atoms with van der Waals surface area (Å²) >= 11 is 0. The topological polar surface area (TPSA) is 58.9 Å². The van der Waals surface area contributed by atoms with E-state index in [1.54, 1.807) is 25.1 Å². The molecule has 0 aliphatic heterocycles. The van der Waals surface area contributed by atoms with E-state index in [1.807, 2.05) is 0 Å². The van der Waals surface area contributed by atoms with Crippen molar-refractivity contribution in [2.75, 3.05) is 20.8 Å². The molecule has 2 atom stereocenters. The SMILES string of the molecule is COc1cccc(OC)c1C(O)C(C)CO. The first-order valence-electron chi connectivity index (χ1n) is 5.15. The van der Waals surface area contributed by atoms with Crippen LogP contribution in [0.2, 0.25) is 0 Å². The molecule has 2 unspecified atom stereocenters. The quantitative estimate of drug-likeness (QED) is 0.796. The average molecular weight is 226 g/mol. The predicted molar refractivity (Wildman–Crippen MR) is 60.8 cm³/mol. The molecule has 0 fully saturated rings. The summed E-state index contributed by atoms with van der Waals surface area (Å²) in [7, 11) is 3.07. The monoisotopic (exact) mass is 226 g/mol. The van der Waals surface area contributed by atoms with Gasteiger partial charge in [0.25, 0.3) is 0 Å². The number of ether oxygens (including phenoxy) is 2. The van der Waals surface area contributed by atoms with Gasteiger partial charge >= 0.3 is 0 Å². The third-order valence-corrected chi connectivity index (χ3v) is 2.59. The average Bonchev–Trinajstić information content (AvgIpc) is 2.35. The maximum absolute atomic E-state index is 10.1. The zero-order valence-electron chi connectivity index (χ0n) is 9.80. The highest BCUT2D eigenvalue weighted by atomic mass is 16.5. The summed E-state index contributed by atoms with van der Waals surface area (Å²) in [6.45, 7) is 1.67. The summed E-state index contributed by atoms with van der Waals surface area (Å²) in [6.07, 6.45) is -0.809. The van der Waals surface area contributed by atoms with Gasteiger partial charge in [0.15, 0.2) is 0 Å². The van der Waals surface area contributed by atoms with E-state index in [-0.39, 0.29) is 12.5 Å². The van der Waals surface area contributed by atoms with Gasteiger partial charge in [-0.15, -0.1) is 0 Å². The number of aliphatic hydroxyl groups is 2. The molecule has 0 heterocycles. The lowest BCUT2D eigenvalue weighted by Gasteiger charge is -2.21. The largest absolute Gasteiger partial charge is 0.496 e. The van der Waals surface area contributed by atoms with Crippen LogP contribution in [0.15, 0.2) is 18.2 Å². The molecule has 0 spiro atoms. The van der Waals surface area contributed by atoms with Crippen LogP contribution in [0.1, 0.15) is 18.6 Å². The molecular formula is C12H18O4. The summed E-state index contributed by atoms with van der Waals surface area (Å²) < 4.78 is 10.4. The molecule has 0 amide bonds. The lowest BCUT2D eigenvalue weighted by molar-refractivity contribution is 0.0729. The minimum Gasteiger partial charge on any atom is -0.496 e. The predicted octanol–water partition coefficient (Wildman–Crippen LogP) is 1.37. The fraction of sp³-hybridized carbons (Fsp3) is 0.500. The minimum absolute atomic E-state index is 0.0949. The van der Waals surface area contributed by atoms with Crippen LogP contribution < -0.4 is 9.47 Å². The van der Waals surface area contributed by atoms with Crippen molar-refractivity contribution in [1.82, 2.24) is 0 Å². The highest BCUT2D eigenvalue weighted by Gasteiger charge is 2.23. The second-order valence-corrected chi connectivity index (χ2v) is 3.68. The van der Waals surface area contributed by atoms with Crippen LogP contribution >= 0.6 is 0 Å². The van der Waals surface area contributed by atoms with E-state index in [1.165, 1.54) is 14.2 Å². The molecule has 0 saturated carbocycles. The lowest BCUT2D eigenvalue weighted by Crippen LogP contribution is -2.14. The Hall–Kier alpha value is -1.26. The van der Waals surface area contributed by atoms with Gasteiger partial charge in [-0.3, -0.25) is 0 Å². The van der Waals surface area contributed by atoms with Crippen LogP contribution in [-0.4, -0.2) is 31.0 Å². The second-order valence-electron chi connectivity index (χ2n) is 3.68. The van der Waals surface area contributed by atoms with Crippen molar-refractivity contribution >= 4 is 0 Å². The molecular weight excluding hydrogens is 208 g/mol. The Morgan fingerprint density at radius 1 is 1.19 bits per heavy atom. The minimum atomic E-state index is -0.809. The number of hydrogen-bond donors (Lipinski definition) is 2. The maximum atomic E-state index is 10.1. The van der Waals surface area contributed by atoms with Crippen molar-refractivity contribution in [2.24, 2.45) is 5.92 Å². The number of benzene rings is 1. The summed E-state index contributed by atoms with van der Waals surface area (Å²) in [5.41, 5.74) is 0.578. The first-order valence-corrected chi connectivity index (χ1v) is 5.15. The molecule has 90 valence electrons. The Bertz CT molecular complexity index is 316. The van der Waals surface area contributed by atoms with E-state index in [9.17, 15) is 5.11 Å². The molecule has 4 nitrogen and oxygen atoms in total. The summed E-state index contributed by atoms with van der Waals surface area (Å²) in [4.78, 5) is 0. The normalized spacial score (nSPS) is 14.3.